The fourth-order valence-electron chi connectivity index (χ4n) is 3.44. The highest BCUT2D eigenvalue weighted by atomic mass is 35.5. The molecule has 0 aliphatic carbocycles. The molecular weight excluding hydrogens is 385 g/mol. The van der Waals surface area contributed by atoms with Crippen LogP contribution < -0.4 is 4.74 Å². The number of aromatic nitrogens is 3. The van der Waals surface area contributed by atoms with Gasteiger partial charge in [0, 0.05) is 15.6 Å². The van der Waals surface area contributed by atoms with Crippen molar-refractivity contribution >= 4 is 23.2 Å². The molecule has 0 N–H and O–H groups in total. The molecule has 1 aliphatic heterocycles. The summed E-state index contributed by atoms with van der Waals surface area (Å²) in [6.45, 7) is 0.986. The van der Waals surface area contributed by atoms with E-state index in [4.69, 9.17) is 32.7 Å². The van der Waals surface area contributed by atoms with Gasteiger partial charge in [0.2, 0.25) is 0 Å². The van der Waals surface area contributed by atoms with Crippen LogP contribution >= 0.6 is 23.2 Å². The van der Waals surface area contributed by atoms with Crippen LogP contribution in [0.25, 0.3) is 0 Å². The number of hydrogen-bond donors (Lipinski definition) is 0. The Morgan fingerprint density at radius 1 is 1.26 bits per heavy atom. The van der Waals surface area contributed by atoms with E-state index in [2.05, 4.69) is 16.1 Å². The Morgan fingerprint density at radius 2 is 2.11 bits per heavy atom. The van der Waals surface area contributed by atoms with E-state index in [1.54, 1.807) is 17.1 Å². The highest BCUT2D eigenvalue weighted by molar-refractivity contribution is 6.35. The molecule has 7 heteroatoms. The zero-order valence-corrected chi connectivity index (χ0v) is 16.0. The van der Waals surface area contributed by atoms with Crippen molar-refractivity contribution in [3.63, 3.8) is 0 Å². The van der Waals surface area contributed by atoms with Crippen molar-refractivity contribution in [3.05, 3.63) is 76.8 Å². The van der Waals surface area contributed by atoms with Gasteiger partial charge in [-0.1, -0.05) is 41.4 Å². The van der Waals surface area contributed by atoms with Gasteiger partial charge in [-0.2, -0.15) is 5.10 Å². The van der Waals surface area contributed by atoms with Gasteiger partial charge in [-0.3, -0.25) is 0 Å². The lowest BCUT2D eigenvalue weighted by Gasteiger charge is -2.31. The first kappa shape index (κ1) is 18.3. The van der Waals surface area contributed by atoms with Crippen molar-refractivity contribution in [1.29, 1.82) is 0 Å². The van der Waals surface area contributed by atoms with Crippen LogP contribution in [0, 0.1) is 6.07 Å². The molecule has 1 radical (unpaired) electrons. The minimum atomic E-state index is -0.603. The molecule has 1 aromatic heterocycles. The van der Waals surface area contributed by atoms with Crippen molar-refractivity contribution in [2.24, 2.45) is 0 Å². The summed E-state index contributed by atoms with van der Waals surface area (Å²) in [4.78, 5) is 4.04. The molecule has 2 aromatic carbocycles. The summed E-state index contributed by atoms with van der Waals surface area (Å²) in [5.74, 6) is 0.802. The molecule has 1 aliphatic rings. The Bertz CT molecular complexity index is 890. The Morgan fingerprint density at radius 3 is 2.85 bits per heavy atom. The lowest BCUT2D eigenvalue weighted by atomic mass is 9.90. The van der Waals surface area contributed by atoms with E-state index in [0.717, 1.165) is 24.2 Å². The second-order valence-electron chi connectivity index (χ2n) is 6.54. The summed E-state index contributed by atoms with van der Waals surface area (Å²) in [5.41, 5.74) is 0.300. The van der Waals surface area contributed by atoms with Gasteiger partial charge in [0.05, 0.1) is 12.6 Å². The number of nitrogens with zero attached hydrogens (tertiary/aromatic N) is 3. The third-order valence-corrected chi connectivity index (χ3v) is 5.24. The molecule has 3 aromatic rings. The van der Waals surface area contributed by atoms with Gasteiger partial charge in [-0.15, -0.1) is 0 Å². The van der Waals surface area contributed by atoms with Gasteiger partial charge >= 0.3 is 0 Å². The minimum absolute atomic E-state index is 0.0514. The van der Waals surface area contributed by atoms with Crippen LogP contribution in [0.5, 0.6) is 5.75 Å². The average molecular weight is 403 g/mol. The Balaban J connectivity index is 1.56. The molecule has 0 amide bonds. The molecule has 0 spiro atoms. The van der Waals surface area contributed by atoms with Crippen LogP contribution in [0.3, 0.4) is 0 Å². The molecule has 27 heavy (non-hydrogen) atoms. The van der Waals surface area contributed by atoms with Crippen LogP contribution in [0.15, 0.2) is 55.1 Å². The van der Waals surface area contributed by atoms with Crippen LogP contribution in [0.2, 0.25) is 10.0 Å². The van der Waals surface area contributed by atoms with E-state index in [0.29, 0.717) is 23.2 Å². The first-order chi connectivity index (χ1) is 13.1. The van der Waals surface area contributed by atoms with Crippen molar-refractivity contribution < 1.29 is 9.47 Å². The third-order valence-electron chi connectivity index (χ3n) is 4.69. The highest BCUT2D eigenvalue weighted by Crippen LogP contribution is 2.44. The SMILES string of the molecule is Clc1ccc(C2(Cn3cncn3)CCC(COc3cc[c]cc3)O2)c(Cl)c1. The summed E-state index contributed by atoms with van der Waals surface area (Å²) < 4.78 is 14.1. The van der Waals surface area contributed by atoms with Crippen molar-refractivity contribution in [2.45, 2.75) is 31.1 Å². The average Bonchev–Trinajstić information content (AvgIpc) is 3.32. The second kappa shape index (κ2) is 7.89. The summed E-state index contributed by atoms with van der Waals surface area (Å²) >= 11 is 12.6. The molecule has 1 saturated heterocycles. The standard InChI is InChI=1S/C20H18Cl2N3O2/c21-15-6-7-18(19(22)10-15)20(12-25-14-23-13-24-25)9-8-17(27-20)11-26-16-4-2-1-3-5-16/h2-7,10,13-14,17H,8-9,11-12H2. The molecule has 0 saturated carbocycles. The summed E-state index contributed by atoms with van der Waals surface area (Å²) in [5, 5.41) is 5.42. The molecule has 1 fully saturated rings. The van der Waals surface area contributed by atoms with Crippen LogP contribution in [-0.4, -0.2) is 27.5 Å². The first-order valence-corrected chi connectivity index (χ1v) is 9.45. The number of halogens is 2. The molecule has 2 heterocycles. The number of rotatable bonds is 6. The molecule has 0 bridgehead atoms. The summed E-state index contributed by atoms with van der Waals surface area (Å²) in [6.07, 6.45) is 4.79. The number of ether oxygens (including phenoxy) is 2. The predicted octanol–water partition coefficient (Wildman–Crippen LogP) is 4.54. The molecule has 4 rings (SSSR count). The van der Waals surface area contributed by atoms with Crippen LogP contribution in [-0.2, 0) is 16.9 Å². The topological polar surface area (TPSA) is 49.2 Å². The lowest BCUT2D eigenvalue weighted by molar-refractivity contribution is -0.0715. The largest absolute Gasteiger partial charge is 0.491 e. The van der Waals surface area contributed by atoms with Gasteiger partial charge in [-0.05, 0) is 43.2 Å². The zero-order chi connectivity index (χ0) is 18.7. The Kier molecular flexibility index (Phi) is 5.34. The smallest absolute Gasteiger partial charge is 0.137 e. The Hall–Kier alpha value is -2.08. The van der Waals surface area contributed by atoms with Crippen LogP contribution in [0.1, 0.15) is 18.4 Å². The quantitative estimate of drug-likeness (QED) is 0.607. The van der Waals surface area contributed by atoms with Gasteiger partial charge in [-0.25, -0.2) is 9.67 Å². The maximum Gasteiger partial charge on any atom is 0.137 e. The highest BCUT2D eigenvalue weighted by Gasteiger charge is 2.44. The lowest BCUT2D eigenvalue weighted by Crippen LogP contribution is -2.33. The number of hydrogen-bond acceptors (Lipinski definition) is 4. The molecule has 5 nitrogen and oxygen atoms in total. The maximum atomic E-state index is 6.52. The maximum absolute atomic E-state index is 6.52. The predicted molar refractivity (Wildman–Crippen MR) is 103 cm³/mol. The Labute approximate surface area is 167 Å². The zero-order valence-electron chi connectivity index (χ0n) is 14.5. The third kappa shape index (κ3) is 4.10. The van der Waals surface area contributed by atoms with E-state index in [-0.39, 0.29) is 6.10 Å². The first-order valence-electron chi connectivity index (χ1n) is 8.69. The van der Waals surface area contributed by atoms with Gasteiger partial charge < -0.3 is 9.47 Å². The van der Waals surface area contributed by atoms with Gasteiger partial charge in [0.15, 0.2) is 0 Å². The van der Waals surface area contributed by atoms with E-state index in [1.165, 1.54) is 6.33 Å². The van der Waals surface area contributed by atoms with Gasteiger partial charge in [0.25, 0.3) is 0 Å². The monoisotopic (exact) mass is 402 g/mol. The number of benzene rings is 2. The van der Waals surface area contributed by atoms with Crippen LogP contribution in [0.4, 0.5) is 0 Å². The van der Waals surface area contributed by atoms with Gasteiger partial charge in [0.1, 0.15) is 30.6 Å². The summed E-state index contributed by atoms with van der Waals surface area (Å²) in [6, 6.07) is 15.9. The van der Waals surface area contributed by atoms with Crippen molar-refractivity contribution in [3.8, 4) is 5.75 Å². The molecule has 2 unspecified atom stereocenters. The normalized spacial score (nSPS) is 22.1. The fraction of sp³-hybridized carbons (Fsp3) is 0.300. The van der Waals surface area contributed by atoms with E-state index >= 15 is 0 Å². The molecule has 2 atom stereocenters. The van der Waals surface area contributed by atoms with E-state index in [9.17, 15) is 0 Å². The van der Waals surface area contributed by atoms with E-state index < -0.39 is 5.60 Å². The fourth-order valence-corrected chi connectivity index (χ4v) is 4.02. The second-order valence-corrected chi connectivity index (χ2v) is 7.38. The minimum Gasteiger partial charge on any atom is -0.491 e. The van der Waals surface area contributed by atoms with Crippen molar-refractivity contribution in [1.82, 2.24) is 14.8 Å². The molecule has 139 valence electrons. The van der Waals surface area contributed by atoms with Crippen molar-refractivity contribution in [2.75, 3.05) is 6.61 Å². The molecular formula is C20H18Cl2N3O2. The van der Waals surface area contributed by atoms with E-state index in [1.807, 2.05) is 36.4 Å². The summed E-state index contributed by atoms with van der Waals surface area (Å²) in [7, 11) is 0.